The number of nitrogens with one attached hydrogen (secondary N) is 2. The molecule has 0 fully saturated rings. The minimum Gasteiger partial charge on any atom is -0.335 e. The van der Waals surface area contributed by atoms with Gasteiger partial charge in [-0.1, -0.05) is 18.7 Å². The number of pyridine rings is 3. The average molecular weight is 491 g/mol. The molecule has 5 aromatic rings. The lowest BCUT2D eigenvalue weighted by Gasteiger charge is -2.09. The van der Waals surface area contributed by atoms with Crippen molar-refractivity contribution in [3.8, 4) is 22.8 Å². The first kappa shape index (κ1) is 24.3. The summed E-state index contributed by atoms with van der Waals surface area (Å²) in [6, 6.07) is 7.97. The van der Waals surface area contributed by atoms with Crippen LogP contribution in [0.3, 0.4) is 0 Å². The van der Waals surface area contributed by atoms with Crippen molar-refractivity contribution in [2.45, 2.75) is 19.8 Å². The Kier molecular flexibility index (Phi) is 7.00. The van der Waals surface area contributed by atoms with E-state index < -0.39 is 0 Å². The lowest BCUT2D eigenvalue weighted by molar-refractivity contribution is 0.400. The molecule has 0 aliphatic heterocycles. The molecular weight excluding hydrogens is 460 g/mol. The molecule has 8 nitrogen and oxygen atoms in total. The van der Waals surface area contributed by atoms with E-state index in [1.165, 1.54) is 5.56 Å². The number of allylic oxidation sites excluding steroid dienone is 1. The van der Waals surface area contributed by atoms with Gasteiger partial charge in [-0.15, -0.1) is 0 Å². The number of fused-ring (bicyclic) bond motifs is 1. The first-order valence-corrected chi connectivity index (χ1v) is 12.3. The van der Waals surface area contributed by atoms with Gasteiger partial charge in [0.05, 0.1) is 22.8 Å². The van der Waals surface area contributed by atoms with E-state index in [1.54, 1.807) is 18.6 Å². The Morgan fingerprint density at radius 3 is 2.76 bits per heavy atom. The van der Waals surface area contributed by atoms with Crippen LogP contribution >= 0.6 is 0 Å². The highest BCUT2D eigenvalue weighted by atomic mass is 15.1. The number of rotatable bonds is 8. The lowest BCUT2D eigenvalue weighted by Crippen LogP contribution is -2.23. The van der Waals surface area contributed by atoms with E-state index in [1.807, 2.05) is 49.7 Å². The van der Waals surface area contributed by atoms with Gasteiger partial charge in [-0.3, -0.25) is 20.1 Å². The molecule has 0 amide bonds. The molecule has 8 heteroatoms. The van der Waals surface area contributed by atoms with E-state index in [0.29, 0.717) is 11.5 Å². The van der Waals surface area contributed by atoms with Gasteiger partial charge >= 0.3 is 0 Å². The van der Waals surface area contributed by atoms with Crippen LogP contribution < -0.4 is 10.6 Å². The summed E-state index contributed by atoms with van der Waals surface area (Å²) in [6.07, 6.45) is 15.2. The van der Waals surface area contributed by atoms with Gasteiger partial charge in [0.2, 0.25) is 0 Å². The predicted octanol–water partition coefficient (Wildman–Crippen LogP) is 3.59. The van der Waals surface area contributed by atoms with Gasteiger partial charge in [0.25, 0.3) is 0 Å². The third kappa shape index (κ3) is 5.24. The van der Waals surface area contributed by atoms with Crippen molar-refractivity contribution in [2.24, 2.45) is 0 Å². The molecule has 0 bridgehead atoms. The molecule has 37 heavy (non-hydrogen) atoms. The van der Waals surface area contributed by atoms with E-state index in [0.717, 1.165) is 63.4 Å². The van der Waals surface area contributed by atoms with E-state index >= 15 is 0 Å². The number of hydrogen-bond donors (Lipinski definition) is 2. The standard InChI is InChI=1S/C29H30N8/c1-5-24-22(13-19(2)21-14-20(15-30-16-21)9-8-12-37(3)4)28(36-35-24)29-33-26-18-31-17-23(27(26)34-29)25-10-6-7-11-32-25/h5-7,10-11,13-18,35H,2,8-9,12H2,1,3-4H3,(H,33,34)/b22-13+,24-5+. The van der Waals surface area contributed by atoms with Crippen LogP contribution in [0.15, 0.2) is 61.8 Å². The Hall–Kier alpha value is -4.43. The second kappa shape index (κ2) is 10.7. The fourth-order valence-electron chi connectivity index (χ4n) is 4.32. The van der Waals surface area contributed by atoms with Crippen LogP contribution in [-0.4, -0.2) is 60.7 Å². The van der Waals surface area contributed by atoms with E-state index in [4.69, 9.17) is 4.98 Å². The maximum Gasteiger partial charge on any atom is 0.159 e. The van der Waals surface area contributed by atoms with Crippen LogP contribution in [0, 0.1) is 0 Å². The molecule has 0 spiro atoms. The molecular formula is C29H30N8. The smallest absolute Gasteiger partial charge is 0.159 e. The zero-order valence-corrected chi connectivity index (χ0v) is 21.4. The number of aromatic nitrogens is 7. The number of nitrogens with zero attached hydrogens (tertiary/aromatic N) is 6. The van der Waals surface area contributed by atoms with Crippen LogP contribution in [0.2, 0.25) is 0 Å². The molecule has 0 radical (unpaired) electrons. The minimum absolute atomic E-state index is 0.652. The van der Waals surface area contributed by atoms with Gasteiger partial charge in [-0.2, -0.15) is 5.10 Å². The number of imidazole rings is 1. The van der Waals surface area contributed by atoms with Crippen molar-refractivity contribution in [1.29, 1.82) is 0 Å². The molecule has 186 valence electrons. The Balaban J connectivity index is 1.53. The lowest BCUT2D eigenvalue weighted by atomic mass is 10.0. The summed E-state index contributed by atoms with van der Waals surface area (Å²) >= 11 is 0. The Morgan fingerprint density at radius 1 is 1.11 bits per heavy atom. The van der Waals surface area contributed by atoms with Crippen LogP contribution in [-0.2, 0) is 6.42 Å². The Bertz CT molecular complexity index is 1660. The van der Waals surface area contributed by atoms with E-state index in [2.05, 4.69) is 61.8 Å². The first-order valence-electron chi connectivity index (χ1n) is 12.3. The van der Waals surface area contributed by atoms with Crippen molar-refractivity contribution in [1.82, 2.24) is 40.0 Å². The Labute approximate surface area is 215 Å². The summed E-state index contributed by atoms with van der Waals surface area (Å²) in [4.78, 5) is 23.8. The molecule has 0 saturated carbocycles. The topological polar surface area (TPSA) is 99.3 Å². The summed E-state index contributed by atoms with van der Waals surface area (Å²) < 4.78 is 0. The first-order chi connectivity index (χ1) is 18.0. The van der Waals surface area contributed by atoms with Gasteiger partial charge in [0.1, 0.15) is 11.2 Å². The van der Waals surface area contributed by atoms with Gasteiger partial charge in [0.15, 0.2) is 5.82 Å². The molecule has 5 rings (SSSR count). The van der Waals surface area contributed by atoms with Gasteiger partial charge in [-0.05, 0) is 81.4 Å². The zero-order chi connectivity index (χ0) is 25.8. The maximum atomic E-state index is 4.91. The normalized spacial score (nSPS) is 12.6. The molecule has 0 atom stereocenters. The largest absolute Gasteiger partial charge is 0.335 e. The summed E-state index contributed by atoms with van der Waals surface area (Å²) in [5.41, 5.74) is 7.08. The van der Waals surface area contributed by atoms with Crippen molar-refractivity contribution < 1.29 is 0 Å². The SMILES string of the molecule is C=C(/C=c1/c(-c2nc3c(-c4ccccn4)cncc3[nH]2)n[nH]/c1=C/C)c1cncc(CCCN(C)C)c1. The molecule has 5 heterocycles. The highest BCUT2D eigenvalue weighted by Crippen LogP contribution is 2.26. The van der Waals surface area contributed by atoms with Crippen LogP contribution in [0.1, 0.15) is 24.5 Å². The van der Waals surface area contributed by atoms with Crippen molar-refractivity contribution in [3.63, 3.8) is 0 Å². The quantitative estimate of drug-likeness (QED) is 0.345. The summed E-state index contributed by atoms with van der Waals surface area (Å²) in [5, 5.41) is 9.54. The van der Waals surface area contributed by atoms with Gasteiger partial charge < -0.3 is 9.88 Å². The van der Waals surface area contributed by atoms with Crippen molar-refractivity contribution >= 4 is 28.8 Å². The van der Waals surface area contributed by atoms with E-state index in [9.17, 15) is 0 Å². The summed E-state index contributed by atoms with van der Waals surface area (Å²) in [6.45, 7) is 7.37. The molecule has 0 aromatic carbocycles. The molecule has 0 aliphatic rings. The summed E-state index contributed by atoms with van der Waals surface area (Å²) in [5.74, 6) is 0.652. The van der Waals surface area contributed by atoms with Gasteiger partial charge in [-0.25, -0.2) is 4.98 Å². The minimum atomic E-state index is 0.652. The monoisotopic (exact) mass is 490 g/mol. The van der Waals surface area contributed by atoms with E-state index in [-0.39, 0.29) is 0 Å². The third-order valence-corrected chi connectivity index (χ3v) is 6.24. The number of hydrogen-bond acceptors (Lipinski definition) is 6. The molecule has 5 aromatic heterocycles. The predicted molar refractivity (Wildman–Crippen MR) is 149 cm³/mol. The summed E-state index contributed by atoms with van der Waals surface area (Å²) in [7, 11) is 4.18. The average Bonchev–Trinajstić information content (AvgIpc) is 3.52. The zero-order valence-electron chi connectivity index (χ0n) is 21.4. The fourth-order valence-corrected chi connectivity index (χ4v) is 4.32. The van der Waals surface area contributed by atoms with Crippen LogP contribution in [0.5, 0.6) is 0 Å². The van der Waals surface area contributed by atoms with Crippen LogP contribution in [0.25, 0.3) is 51.5 Å². The number of H-pyrrole nitrogens is 2. The molecule has 0 unspecified atom stereocenters. The maximum absolute atomic E-state index is 4.91. The number of aryl methyl sites for hydroxylation is 1. The second-order valence-electron chi connectivity index (χ2n) is 9.23. The number of aromatic amines is 2. The van der Waals surface area contributed by atoms with Gasteiger partial charge in [0, 0.05) is 35.6 Å². The molecule has 0 aliphatic carbocycles. The Morgan fingerprint density at radius 2 is 1.97 bits per heavy atom. The third-order valence-electron chi connectivity index (χ3n) is 6.24. The van der Waals surface area contributed by atoms with Crippen molar-refractivity contribution in [3.05, 3.63) is 83.5 Å². The molecule has 2 N–H and O–H groups in total. The highest BCUT2D eigenvalue weighted by Gasteiger charge is 2.15. The molecule has 0 saturated heterocycles. The van der Waals surface area contributed by atoms with Crippen LogP contribution in [0.4, 0.5) is 0 Å². The highest BCUT2D eigenvalue weighted by molar-refractivity contribution is 5.92. The van der Waals surface area contributed by atoms with Crippen molar-refractivity contribution in [2.75, 3.05) is 20.6 Å². The fraction of sp³-hybridized carbons (Fsp3) is 0.207. The second-order valence-corrected chi connectivity index (χ2v) is 9.23.